The van der Waals surface area contributed by atoms with Crippen molar-refractivity contribution in [3.05, 3.63) is 51.2 Å². The molecule has 2 rings (SSSR count). The lowest BCUT2D eigenvalue weighted by Gasteiger charge is -2.19. The number of aryl methyl sites for hydroxylation is 2. The predicted molar refractivity (Wildman–Crippen MR) is 86.7 cm³/mol. The third-order valence-corrected chi connectivity index (χ3v) is 4.53. The van der Waals surface area contributed by atoms with Crippen LogP contribution in [0.1, 0.15) is 46.8 Å². The van der Waals surface area contributed by atoms with Crippen molar-refractivity contribution in [1.82, 2.24) is 0 Å². The van der Waals surface area contributed by atoms with Crippen molar-refractivity contribution in [1.29, 1.82) is 0 Å². The average Bonchev–Trinajstić information content (AvgIpc) is 2.84. The van der Waals surface area contributed by atoms with Crippen LogP contribution in [0.15, 0.2) is 30.3 Å². The molecule has 0 aliphatic heterocycles. The molecule has 20 heavy (non-hydrogen) atoms. The van der Waals surface area contributed by atoms with Crippen LogP contribution < -0.4 is 10.5 Å². The van der Waals surface area contributed by atoms with Gasteiger partial charge in [-0.2, -0.15) is 0 Å². The highest BCUT2D eigenvalue weighted by atomic mass is 32.1. The summed E-state index contributed by atoms with van der Waals surface area (Å²) in [6, 6.07) is 10.7. The third kappa shape index (κ3) is 3.41. The SMILES string of the molecule is Cc1ccc(C(CN)Oc2cc(C(C)C)ccc2C)s1. The van der Waals surface area contributed by atoms with Crippen molar-refractivity contribution in [2.75, 3.05) is 6.54 Å². The van der Waals surface area contributed by atoms with Crippen LogP contribution in [-0.2, 0) is 0 Å². The van der Waals surface area contributed by atoms with E-state index in [9.17, 15) is 0 Å². The number of hydrogen-bond acceptors (Lipinski definition) is 3. The van der Waals surface area contributed by atoms with E-state index in [2.05, 4.69) is 58.0 Å². The molecule has 1 unspecified atom stereocenters. The molecular formula is C17H23NOS. The Morgan fingerprint density at radius 3 is 2.45 bits per heavy atom. The molecular weight excluding hydrogens is 266 g/mol. The lowest BCUT2D eigenvalue weighted by molar-refractivity contribution is 0.216. The van der Waals surface area contributed by atoms with Crippen molar-refractivity contribution in [2.24, 2.45) is 5.73 Å². The van der Waals surface area contributed by atoms with Crippen LogP contribution >= 0.6 is 11.3 Å². The van der Waals surface area contributed by atoms with Crippen LogP contribution in [0.5, 0.6) is 5.75 Å². The molecule has 2 aromatic rings. The smallest absolute Gasteiger partial charge is 0.145 e. The second kappa shape index (κ2) is 6.42. The Hall–Kier alpha value is -1.32. The summed E-state index contributed by atoms with van der Waals surface area (Å²) in [4.78, 5) is 2.48. The molecule has 1 aromatic heterocycles. The minimum Gasteiger partial charge on any atom is -0.483 e. The Kier molecular flexibility index (Phi) is 4.84. The fourth-order valence-electron chi connectivity index (χ4n) is 2.10. The molecule has 0 amide bonds. The number of benzene rings is 1. The molecule has 0 aliphatic rings. The van der Waals surface area contributed by atoms with Gasteiger partial charge in [0.2, 0.25) is 0 Å². The fraction of sp³-hybridized carbons (Fsp3) is 0.412. The summed E-state index contributed by atoms with van der Waals surface area (Å²) < 4.78 is 6.17. The van der Waals surface area contributed by atoms with Gasteiger partial charge in [0.25, 0.3) is 0 Å². The minimum atomic E-state index is -0.0604. The molecule has 0 saturated carbocycles. The van der Waals surface area contributed by atoms with Crippen molar-refractivity contribution in [3.8, 4) is 5.75 Å². The first-order valence-electron chi connectivity index (χ1n) is 7.05. The largest absolute Gasteiger partial charge is 0.483 e. The highest BCUT2D eigenvalue weighted by Crippen LogP contribution is 2.30. The summed E-state index contributed by atoms with van der Waals surface area (Å²) in [6.45, 7) is 9.05. The summed E-state index contributed by atoms with van der Waals surface area (Å²) in [5.41, 5.74) is 8.34. The van der Waals surface area contributed by atoms with Crippen molar-refractivity contribution in [3.63, 3.8) is 0 Å². The molecule has 0 saturated heterocycles. The van der Waals surface area contributed by atoms with Gasteiger partial charge in [-0.25, -0.2) is 0 Å². The molecule has 0 radical (unpaired) electrons. The molecule has 1 aromatic carbocycles. The maximum absolute atomic E-state index is 6.17. The van der Waals surface area contributed by atoms with Gasteiger partial charge in [0, 0.05) is 16.3 Å². The van der Waals surface area contributed by atoms with Gasteiger partial charge in [0.05, 0.1) is 0 Å². The van der Waals surface area contributed by atoms with E-state index >= 15 is 0 Å². The summed E-state index contributed by atoms with van der Waals surface area (Å²) in [6.07, 6.45) is -0.0604. The highest BCUT2D eigenvalue weighted by Gasteiger charge is 2.15. The van der Waals surface area contributed by atoms with Gasteiger partial charge in [-0.1, -0.05) is 26.0 Å². The first-order valence-corrected chi connectivity index (χ1v) is 7.86. The third-order valence-electron chi connectivity index (χ3n) is 3.44. The molecule has 0 aliphatic carbocycles. The summed E-state index contributed by atoms with van der Waals surface area (Å²) >= 11 is 1.75. The molecule has 0 spiro atoms. The lowest BCUT2D eigenvalue weighted by Crippen LogP contribution is -2.17. The van der Waals surface area contributed by atoms with Gasteiger partial charge in [0.1, 0.15) is 11.9 Å². The summed E-state index contributed by atoms with van der Waals surface area (Å²) in [5, 5.41) is 0. The van der Waals surface area contributed by atoms with Gasteiger partial charge in [-0.15, -0.1) is 11.3 Å². The Morgan fingerprint density at radius 1 is 1.15 bits per heavy atom. The molecule has 3 heteroatoms. The zero-order valence-corrected chi connectivity index (χ0v) is 13.5. The van der Waals surface area contributed by atoms with E-state index < -0.39 is 0 Å². The van der Waals surface area contributed by atoms with Gasteiger partial charge < -0.3 is 10.5 Å². The topological polar surface area (TPSA) is 35.2 Å². The van der Waals surface area contributed by atoms with Crippen LogP contribution in [-0.4, -0.2) is 6.54 Å². The van der Waals surface area contributed by atoms with Crippen molar-refractivity contribution in [2.45, 2.75) is 39.7 Å². The zero-order valence-electron chi connectivity index (χ0n) is 12.6. The van der Waals surface area contributed by atoms with Gasteiger partial charge >= 0.3 is 0 Å². The van der Waals surface area contributed by atoms with Gasteiger partial charge in [-0.3, -0.25) is 0 Å². The molecule has 0 bridgehead atoms. The van der Waals surface area contributed by atoms with Gasteiger partial charge in [0.15, 0.2) is 0 Å². The molecule has 2 nitrogen and oxygen atoms in total. The maximum Gasteiger partial charge on any atom is 0.145 e. The summed E-state index contributed by atoms with van der Waals surface area (Å²) in [7, 11) is 0. The molecule has 0 fully saturated rings. The molecule has 1 atom stereocenters. The van der Waals surface area contributed by atoms with E-state index in [4.69, 9.17) is 10.5 Å². The van der Waals surface area contributed by atoms with Crippen LogP contribution in [0.4, 0.5) is 0 Å². The quantitative estimate of drug-likeness (QED) is 0.875. The Labute approximate surface area is 125 Å². The second-order valence-electron chi connectivity index (χ2n) is 5.47. The van der Waals surface area contributed by atoms with E-state index in [0.29, 0.717) is 12.5 Å². The molecule has 1 heterocycles. The van der Waals surface area contributed by atoms with Crippen LogP contribution in [0, 0.1) is 13.8 Å². The van der Waals surface area contributed by atoms with Crippen LogP contribution in [0.3, 0.4) is 0 Å². The molecule has 2 N–H and O–H groups in total. The summed E-state index contributed by atoms with van der Waals surface area (Å²) in [5.74, 6) is 1.44. The van der Waals surface area contributed by atoms with Crippen LogP contribution in [0.25, 0.3) is 0 Å². The highest BCUT2D eigenvalue weighted by molar-refractivity contribution is 7.12. The maximum atomic E-state index is 6.17. The van der Waals surface area contributed by atoms with E-state index in [1.807, 2.05) is 0 Å². The zero-order chi connectivity index (χ0) is 14.7. The van der Waals surface area contributed by atoms with E-state index in [-0.39, 0.29) is 6.10 Å². The van der Waals surface area contributed by atoms with Gasteiger partial charge in [-0.05, 0) is 49.1 Å². The first-order chi connectivity index (χ1) is 9.51. The number of ether oxygens (including phenoxy) is 1. The minimum absolute atomic E-state index is 0.0604. The molecule has 108 valence electrons. The van der Waals surface area contributed by atoms with E-state index in [0.717, 1.165) is 11.3 Å². The Bertz CT molecular complexity index is 574. The number of nitrogens with two attached hydrogens (primary N) is 1. The number of hydrogen-bond donors (Lipinski definition) is 1. The standard InChI is InChI=1S/C17H23NOS/c1-11(2)14-7-5-12(3)15(9-14)19-16(10-18)17-8-6-13(4)20-17/h5-9,11,16H,10,18H2,1-4H3. The van der Waals surface area contributed by atoms with Crippen molar-refractivity contribution < 1.29 is 4.74 Å². The average molecular weight is 289 g/mol. The number of thiophene rings is 1. The predicted octanol–water partition coefficient (Wildman–Crippen LogP) is 4.57. The Balaban J connectivity index is 2.25. The van der Waals surface area contributed by atoms with E-state index in [1.165, 1.54) is 15.3 Å². The van der Waals surface area contributed by atoms with E-state index in [1.54, 1.807) is 11.3 Å². The fourth-order valence-corrected chi connectivity index (χ4v) is 3.02. The first kappa shape index (κ1) is 15.1. The number of rotatable bonds is 5. The van der Waals surface area contributed by atoms with Crippen LogP contribution in [0.2, 0.25) is 0 Å². The van der Waals surface area contributed by atoms with Crippen molar-refractivity contribution >= 4 is 11.3 Å². The lowest BCUT2D eigenvalue weighted by atomic mass is 10.0. The normalized spacial score (nSPS) is 12.7. The monoisotopic (exact) mass is 289 g/mol. The second-order valence-corrected chi connectivity index (χ2v) is 6.79. The Morgan fingerprint density at radius 2 is 1.90 bits per heavy atom.